The first-order chi connectivity index (χ1) is 7.99. The van der Waals surface area contributed by atoms with Gasteiger partial charge in [0, 0.05) is 6.20 Å². The number of aromatic amines is 1. The molecule has 0 bridgehead atoms. The molecule has 0 saturated carbocycles. The van der Waals surface area contributed by atoms with E-state index in [1.807, 2.05) is 13.8 Å². The number of nitrogens with zero attached hydrogens (tertiary/aromatic N) is 2. The van der Waals surface area contributed by atoms with Gasteiger partial charge in [0.2, 0.25) is 5.88 Å². The number of hydrogen-bond acceptors (Lipinski definition) is 3. The van der Waals surface area contributed by atoms with Crippen LogP contribution in [-0.2, 0) is 0 Å². The highest BCUT2D eigenvalue weighted by Gasteiger charge is 2.16. The van der Waals surface area contributed by atoms with E-state index < -0.39 is 0 Å². The summed E-state index contributed by atoms with van der Waals surface area (Å²) in [5.41, 5.74) is 1.13. The van der Waals surface area contributed by atoms with Crippen LogP contribution in [0.3, 0.4) is 0 Å². The van der Waals surface area contributed by atoms with Gasteiger partial charge in [0.25, 0.3) is 0 Å². The Morgan fingerprint density at radius 2 is 2.06 bits per heavy atom. The molecule has 4 nitrogen and oxygen atoms in total. The van der Waals surface area contributed by atoms with Gasteiger partial charge in [-0.05, 0) is 12.0 Å². The second kappa shape index (κ2) is 4.55. The summed E-state index contributed by atoms with van der Waals surface area (Å²) in [6, 6.07) is 1.58. The Labute approximate surface area is 109 Å². The molecule has 2 N–H and O–H groups in total. The molecule has 90 valence electrons. The Morgan fingerprint density at radius 3 is 2.59 bits per heavy atom. The summed E-state index contributed by atoms with van der Waals surface area (Å²) < 4.78 is 0. The summed E-state index contributed by atoms with van der Waals surface area (Å²) in [5, 5.41) is 10.5. The van der Waals surface area contributed by atoms with Crippen molar-refractivity contribution < 1.29 is 5.11 Å². The Hall–Kier alpha value is -1.26. The molecule has 0 aromatic carbocycles. The van der Waals surface area contributed by atoms with E-state index >= 15 is 0 Å². The zero-order chi connectivity index (χ0) is 12.6. The Kier molecular flexibility index (Phi) is 3.26. The van der Waals surface area contributed by atoms with E-state index in [4.69, 9.17) is 23.2 Å². The van der Waals surface area contributed by atoms with Crippen LogP contribution in [0.5, 0.6) is 5.88 Å². The summed E-state index contributed by atoms with van der Waals surface area (Å²) >= 11 is 11.8. The number of nitrogens with one attached hydrogen (secondary N) is 1. The van der Waals surface area contributed by atoms with E-state index in [0.717, 1.165) is 0 Å². The Balaban J connectivity index is 2.50. The fraction of sp³-hybridized carbons (Fsp3) is 0.273. The molecule has 0 atom stereocenters. The van der Waals surface area contributed by atoms with Crippen LogP contribution in [-0.4, -0.2) is 20.1 Å². The van der Waals surface area contributed by atoms with Gasteiger partial charge in [0.15, 0.2) is 5.82 Å². The fourth-order valence-electron chi connectivity index (χ4n) is 1.48. The second-order valence-corrected chi connectivity index (χ2v) is 4.80. The maximum atomic E-state index is 9.67. The van der Waals surface area contributed by atoms with Crippen LogP contribution in [0.1, 0.15) is 25.5 Å². The number of halogens is 2. The predicted molar refractivity (Wildman–Crippen MR) is 67.6 cm³/mol. The summed E-state index contributed by atoms with van der Waals surface area (Å²) in [7, 11) is 0. The van der Waals surface area contributed by atoms with Crippen molar-refractivity contribution in [1.82, 2.24) is 15.0 Å². The van der Waals surface area contributed by atoms with E-state index in [-0.39, 0.29) is 11.8 Å². The summed E-state index contributed by atoms with van der Waals surface area (Å²) in [5.74, 6) is 0.554. The third-order valence-corrected chi connectivity index (χ3v) is 2.82. The molecule has 0 radical (unpaired) electrons. The van der Waals surface area contributed by atoms with E-state index in [1.54, 1.807) is 6.07 Å². The van der Waals surface area contributed by atoms with E-state index in [1.165, 1.54) is 6.20 Å². The first-order valence-electron chi connectivity index (χ1n) is 5.09. The number of imidazole rings is 1. The standard InChI is InChI=1S/C11H11Cl2N3O/c1-5(2)8-11(17)16-10(15-8)9-7(13)3-6(12)4-14-9/h3-5,17H,1-2H3,(H,15,16). The molecule has 0 aliphatic carbocycles. The highest BCUT2D eigenvalue weighted by atomic mass is 35.5. The molecule has 2 aromatic heterocycles. The van der Waals surface area contributed by atoms with Crippen LogP contribution in [0.15, 0.2) is 12.3 Å². The van der Waals surface area contributed by atoms with Crippen LogP contribution < -0.4 is 0 Å². The lowest BCUT2D eigenvalue weighted by Crippen LogP contribution is -1.89. The Morgan fingerprint density at radius 1 is 1.35 bits per heavy atom. The van der Waals surface area contributed by atoms with Crippen molar-refractivity contribution >= 4 is 23.2 Å². The van der Waals surface area contributed by atoms with Crippen molar-refractivity contribution in [3.8, 4) is 17.4 Å². The molecular weight excluding hydrogens is 261 g/mol. The first kappa shape index (κ1) is 12.2. The first-order valence-corrected chi connectivity index (χ1v) is 5.85. The highest BCUT2D eigenvalue weighted by molar-refractivity contribution is 6.35. The maximum Gasteiger partial charge on any atom is 0.233 e. The van der Waals surface area contributed by atoms with Crippen molar-refractivity contribution in [3.05, 3.63) is 28.0 Å². The molecule has 17 heavy (non-hydrogen) atoms. The SMILES string of the molecule is CC(C)c1[nH]c(-c2ncc(Cl)cc2Cl)nc1O. The van der Waals surface area contributed by atoms with E-state index in [2.05, 4.69) is 15.0 Å². The monoisotopic (exact) mass is 271 g/mol. The topological polar surface area (TPSA) is 61.8 Å². The molecule has 0 aliphatic heterocycles. The molecule has 2 rings (SSSR count). The molecule has 0 unspecified atom stereocenters. The molecule has 6 heteroatoms. The quantitative estimate of drug-likeness (QED) is 0.877. The molecule has 0 aliphatic rings. The lowest BCUT2D eigenvalue weighted by atomic mass is 10.1. The van der Waals surface area contributed by atoms with Gasteiger partial charge in [-0.25, -0.2) is 4.98 Å². The normalized spacial score (nSPS) is 11.1. The number of aromatic hydroxyl groups is 1. The van der Waals surface area contributed by atoms with Crippen LogP contribution in [0, 0.1) is 0 Å². The van der Waals surface area contributed by atoms with Gasteiger partial charge < -0.3 is 10.1 Å². The molecule has 2 aromatic rings. The molecule has 0 saturated heterocycles. The summed E-state index contributed by atoms with van der Waals surface area (Å²) in [6.45, 7) is 3.90. The number of H-pyrrole nitrogens is 1. The zero-order valence-corrected chi connectivity index (χ0v) is 10.8. The van der Waals surface area contributed by atoms with Crippen LogP contribution in [0.4, 0.5) is 0 Å². The Bertz CT molecular complexity index is 552. The number of aromatic nitrogens is 3. The highest BCUT2D eigenvalue weighted by Crippen LogP contribution is 2.30. The number of rotatable bonds is 2. The van der Waals surface area contributed by atoms with Gasteiger partial charge in [-0.1, -0.05) is 37.0 Å². The fourth-order valence-corrected chi connectivity index (χ4v) is 1.95. The van der Waals surface area contributed by atoms with Gasteiger partial charge in [-0.15, -0.1) is 0 Å². The van der Waals surface area contributed by atoms with Gasteiger partial charge in [0.1, 0.15) is 5.69 Å². The minimum absolute atomic E-state index is 0.0252. The lowest BCUT2D eigenvalue weighted by molar-refractivity contribution is 0.446. The van der Waals surface area contributed by atoms with Crippen molar-refractivity contribution in [2.24, 2.45) is 0 Å². The average Bonchev–Trinajstić information content (AvgIpc) is 2.60. The molecular formula is C11H11Cl2N3O. The van der Waals surface area contributed by atoms with E-state index in [0.29, 0.717) is 27.3 Å². The van der Waals surface area contributed by atoms with Gasteiger partial charge in [-0.3, -0.25) is 0 Å². The van der Waals surface area contributed by atoms with E-state index in [9.17, 15) is 5.11 Å². The van der Waals surface area contributed by atoms with Gasteiger partial charge in [0.05, 0.1) is 15.7 Å². The van der Waals surface area contributed by atoms with Crippen molar-refractivity contribution in [2.75, 3.05) is 0 Å². The number of pyridine rings is 1. The molecule has 0 fully saturated rings. The third-order valence-electron chi connectivity index (χ3n) is 2.32. The third kappa shape index (κ3) is 2.37. The van der Waals surface area contributed by atoms with Crippen molar-refractivity contribution in [3.63, 3.8) is 0 Å². The minimum atomic E-state index is -0.0252. The molecule has 0 spiro atoms. The molecule has 2 heterocycles. The van der Waals surface area contributed by atoms with Crippen LogP contribution in [0.2, 0.25) is 10.0 Å². The summed E-state index contributed by atoms with van der Waals surface area (Å²) in [6.07, 6.45) is 1.48. The molecule has 0 amide bonds. The largest absolute Gasteiger partial charge is 0.492 e. The van der Waals surface area contributed by atoms with Crippen LogP contribution >= 0.6 is 23.2 Å². The van der Waals surface area contributed by atoms with Crippen molar-refractivity contribution in [2.45, 2.75) is 19.8 Å². The number of hydrogen-bond donors (Lipinski definition) is 2. The van der Waals surface area contributed by atoms with Crippen molar-refractivity contribution in [1.29, 1.82) is 0 Å². The van der Waals surface area contributed by atoms with Gasteiger partial charge in [-0.2, -0.15) is 4.98 Å². The predicted octanol–water partition coefficient (Wildman–Crippen LogP) is 3.61. The van der Waals surface area contributed by atoms with Crippen LogP contribution in [0.25, 0.3) is 11.5 Å². The minimum Gasteiger partial charge on any atom is -0.492 e. The average molecular weight is 272 g/mol. The zero-order valence-electron chi connectivity index (χ0n) is 9.33. The van der Waals surface area contributed by atoms with Gasteiger partial charge >= 0.3 is 0 Å². The second-order valence-electron chi connectivity index (χ2n) is 3.96. The maximum absolute atomic E-state index is 9.67. The lowest BCUT2D eigenvalue weighted by Gasteiger charge is -2.01. The smallest absolute Gasteiger partial charge is 0.233 e. The summed E-state index contributed by atoms with van der Waals surface area (Å²) in [4.78, 5) is 11.1.